The Kier molecular flexibility index (Phi) is 4.46. The highest BCUT2D eigenvalue weighted by Gasteiger charge is 2.38. The number of hydrogen-bond donors (Lipinski definition) is 1. The molecule has 1 spiro atoms. The van der Waals surface area contributed by atoms with Gasteiger partial charge in [0.1, 0.15) is 5.82 Å². The monoisotopic (exact) mass is 341 g/mol. The Morgan fingerprint density at radius 1 is 1.16 bits per heavy atom. The van der Waals surface area contributed by atoms with Crippen LogP contribution in [0.1, 0.15) is 56.3 Å². The summed E-state index contributed by atoms with van der Waals surface area (Å²) in [7, 11) is 0. The lowest BCUT2D eigenvalue weighted by Gasteiger charge is -2.43. The van der Waals surface area contributed by atoms with Crippen molar-refractivity contribution in [2.24, 2.45) is 0 Å². The highest BCUT2D eigenvalue weighted by Crippen LogP contribution is 2.39. The van der Waals surface area contributed by atoms with Gasteiger partial charge in [-0.2, -0.15) is 5.10 Å². The van der Waals surface area contributed by atoms with Crippen LogP contribution in [0.25, 0.3) is 5.82 Å². The molecular formula is C19H27N5O. The third-order valence-electron chi connectivity index (χ3n) is 5.49. The van der Waals surface area contributed by atoms with Crippen molar-refractivity contribution < 1.29 is 4.74 Å². The van der Waals surface area contributed by atoms with Gasteiger partial charge in [0.15, 0.2) is 5.82 Å². The van der Waals surface area contributed by atoms with E-state index in [1.807, 2.05) is 36.7 Å². The minimum atomic E-state index is 0.102. The third-order valence-corrected chi connectivity index (χ3v) is 5.49. The molecule has 134 valence electrons. The lowest BCUT2D eigenvalue weighted by atomic mass is 9.78. The summed E-state index contributed by atoms with van der Waals surface area (Å²) in [6.45, 7) is 4.85. The number of nitrogens with one attached hydrogen (secondary N) is 1. The second-order valence-corrected chi connectivity index (χ2v) is 7.54. The second-order valence-electron chi connectivity index (χ2n) is 7.54. The van der Waals surface area contributed by atoms with Crippen molar-refractivity contribution in [3.63, 3.8) is 0 Å². The molecule has 2 fully saturated rings. The van der Waals surface area contributed by atoms with Gasteiger partial charge in [0.05, 0.1) is 11.3 Å². The number of nitrogens with zero attached hydrogens (tertiary/aromatic N) is 4. The fourth-order valence-electron chi connectivity index (χ4n) is 4.28. The van der Waals surface area contributed by atoms with Gasteiger partial charge in [0.25, 0.3) is 0 Å². The van der Waals surface area contributed by atoms with E-state index in [9.17, 15) is 0 Å². The molecule has 4 rings (SSSR count). The van der Waals surface area contributed by atoms with E-state index in [2.05, 4.69) is 20.6 Å². The van der Waals surface area contributed by atoms with E-state index in [-0.39, 0.29) is 5.60 Å². The van der Waals surface area contributed by atoms with Gasteiger partial charge in [-0.3, -0.25) is 0 Å². The lowest BCUT2D eigenvalue weighted by molar-refractivity contribution is -0.103. The number of anilines is 1. The van der Waals surface area contributed by atoms with Gasteiger partial charge in [-0.05, 0) is 57.7 Å². The molecule has 1 aliphatic heterocycles. The fourth-order valence-corrected chi connectivity index (χ4v) is 4.28. The van der Waals surface area contributed by atoms with Crippen LogP contribution < -0.4 is 5.32 Å². The molecule has 2 aromatic rings. The van der Waals surface area contributed by atoms with E-state index >= 15 is 0 Å². The minimum absolute atomic E-state index is 0.102. The molecule has 0 bridgehead atoms. The van der Waals surface area contributed by atoms with E-state index < -0.39 is 0 Å². The predicted octanol–water partition coefficient (Wildman–Crippen LogP) is 3.57. The molecule has 6 heteroatoms. The van der Waals surface area contributed by atoms with Crippen LogP contribution in [0.4, 0.5) is 5.82 Å². The Hall–Kier alpha value is -1.95. The lowest BCUT2D eigenvalue weighted by Crippen LogP contribution is -2.45. The summed E-state index contributed by atoms with van der Waals surface area (Å²) in [4.78, 5) is 0. The topological polar surface area (TPSA) is 64.9 Å². The number of aromatic nitrogens is 4. The van der Waals surface area contributed by atoms with Crippen LogP contribution in [-0.4, -0.2) is 38.2 Å². The number of hydrogen-bond acceptors (Lipinski definition) is 5. The van der Waals surface area contributed by atoms with E-state index in [0.717, 1.165) is 42.5 Å². The van der Waals surface area contributed by atoms with Gasteiger partial charge < -0.3 is 10.1 Å². The van der Waals surface area contributed by atoms with Crippen molar-refractivity contribution in [2.75, 3.05) is 11.9 Å². The highest BCUT2D eigenvalue weighted by molar-refractivity contribution is 5.38. The molecule has 2 aliphatic rings. The van der Waals surface area contributed by atoms with E-state index in [1.54, 1.807) is 0 Å². The molecule has 0 aromatic carbocycles. The maximum Gasteiger partial charge on any atom is 0.176 e. The van der Waals surface area contributed by atoms with E-state index in [1.165, 1.54) is 32.1 Å². The molecule has 3 heterocycles. The third kappa shape index (κ3) is 3.54. The van der Waals surface area contributed by atoms with Crippen LogP contribution >= 0.6 is 0 Å². The van der Waals surface area contributed by atoms with Crippen LogP contribution in [0, 0.1) is 13.8 Å². The Balaban J connectivity index is 1.43. The quantitative estimate of drug-likeness (QED) is 0.924. The first-order valence-corrected chi connectivity index (χ1v) is 9.41. The normalized spacial score (nSPS) is 22.9. The van der Waals surface area contributed by atoms with Crippen LogP contribution in [0.3, 0.4) is 0 Å². The average Bonchev–Trinajstić information content (AvgIpc) is 2.95. The number of aryl methyl sites for hydroxylation is 2. The molecular weight excluding hydrogens is 314 g/mol. The molecule has 1 saturated heterocycles. The number of rotatable bonds is 3. The molecule has 0 radical (unpaired) electrons. The Morgan fingerprint density at radius 2 is 2.00 bits per heavy atom. The Labute approximate surface area is 149 Å². The molecule has 1 atom stereocenters. The molecule has 25 heavy (non-hydrogen) atoms. The molecule has 1 unspecified atom stereocenters. The summed E-state index contributed by atoms with van der Waals surface area (Å²) in [5, 5.41) is 16.7. The van der Waals surface area contributed by atoms with Crippen molar-refractivity contribution in [2.45, 2.75) is 70.4 Å². The fraction of sp³-hybridized carbons (Fsp3) is 0.632. The molecule has 1 saturated carbocycles. The van der Waals surface area contributed by atoms with Gasteiger partial charge in [-0.15, -0.1) is 10.2 Å². The summed E-state index contributed by atoms with van der Waals surface area (Å²) in [5.41, 5.74) is 2.16. The van der Waals surface area contributed by atoms with E-state index in [0.29, 0.717) is 6.04 Å². The van der Waals surface area contributed by atoms with Crippen molar-refractivity contribution in [1.82, 2.24) is 20.0 Å². The minimum Gasteiger partial charge on any atom is -0.375 e. The second kappa shape index (κ2) is 6.75. The van der Waals surface area contributed by atoms with Crippen LogP contribution in [-0.2, 0) is 4.74 Å². The zero-order valence-electron chi connectivity index (χ0n) is 15.2. The summed E-state index contributed by atoms with van der Waals surface area (Å²) in [6, 6.07) is 6.44. The molecule has 1 N–H and O–H groups in total. The summed E-state index contributed by atoms with van der Waals surface area (Å²) in [5.74, 6) is 1.59. The van der Waals surface area contributed by atoms with Crippen molar-refractivity contribution >= 4 is 5.82 Å². The average molecular weight is 341 g/mol. The van der Waals surface area contributed by atoms with Gasteiger partial charge in [-0.25, -0.2) is 4.68 Å². The molecule has 6 nitrogen and oxygen atoms in total. The largest absolute Gasteiger partial charge is 0.375 e. The SMILES string of the molecule is Cc1cc(C)n(-c2ccc(NC3CCOC4(CCCCC4)C3)nn2)n1. The van der Waals surface area contributed by atoms with E-state index in [4.69, 9.17) is 4.74 Å². The summed E-state index contributed by atoms with van der Waals surface area (Å²) in [6.07, 6.45) is 8.45. The molecule has 2 aromatic heterocycles. The summed E-state index contributed by atoms with van der Waals surface area (Å²) >= 11 is 0. The van der Waals surface area contributed by atoms with Gasteiger partial charge in [-0.1, -0.05) is 19.3 Å². The standard InChI is InChI=1S/C19H27N5O/c1-14-12-15(2)24(23-14)18-7-6-17(21-22-18)20-16-8-11-25-19(13-16)9-4-3-5-10-19/h6-7,12,16H,3-5,8-11,13H2,1-2H3,(H,20,21). The highest BCUT2D eigenvalue weighted by atomic mass is 16.5. The van der Waals surface area contributed by atoms with Crippen molar-refractivity contribution in [3.05, 3.63) is 29.6 Å². The zero-order valence-corrected chi connectivity index (χ0v) is 15.2. The van der Waals surface area contributed by atoms with Gasteiger partial charge >= 0.3 is 0 Å². The Bertz CT molecular complexity index is 712. The first-order valence-electron chi connectivity index (χ1n) is 9.41. The number of ether oxygens (including phenoxy) is 1. The maximum absolute atomic E-state index is 6.18. The maximum atomic E-state index is 6.18. The van der Waals surface area contributed by atoms with Crippen molar-refractivity contribution in [3.8, 4) is 5.82 Å². The van der Waals surface area contributed by atoms with Crippen molar-refractivity contribution in [1.29, 1.82) is 0 Å². The first-order chi connectivity index (χ1) is 12.1. The first kappa shape index (κ1) is 16.5. The Morgan fingerprint density at radius 3 is 2.68 bits per heavy atom. The van der Waals surface area contributed by atoms with Crippen LogP contribution in [0.5, 0.6) is 0 Å². The van der Waals surface area contributed by atoms with Gasteiger partial charge in [0, 0.05) is 18.3 Å². The predicted molar refractivity (Wildman–Crippen MR) is 97.0 cm³/mol. The van der Waals surface area contributed by atoms with Crippen LogP contribution in [0.2, 0.25) is 0 Å². The van der Waals surface area contributed by atoms with Gasteiger partial charge in [0.2, 0.25) is 0 Å². The smallest absolute Gasteiger partial charge is 0.176 e. The molecule has 0 amide bonds. The zero-order chi connectivity index (χ0) is 17.3. The van der Waals surface area contributed by atoms with Crippen LogP contribution in [0.15, 0.2) is 18.2 Å². The molecule has 1 aliphatic carbocycles. The summed E-state index contributed by atoms with van der Waals surface area (Å²) < 4.78 is 8.01.